The number of hydrogen-bond acceptors (Lipinski definition) is 3. The molecular formula is C10H12N2O2. The molecule has 0 aliphatic rings. The van der Waals surface area contributed by atoms with Crippen LogP contribution in [0.1, 0.15) is 11.3 Å². The number of carbonyl (C=O) groups is 1. The van der Waals surface area contributed by atoms with E-state index < -0.39 is 5.97 Å². The zero-order valence-corrected chi connectivity index (χ0v) is 7.68. The molecule has 0 saturated carbocycles. The largest absolute Gasteiger partial charge is 0.481 e. The predicted molar refractivity (Wildman–Crippen MR) is 53.7 cm³/mol. The van der Waals surface area contributed by atoms with E-state index in [1.807, 2.05) is 18.2 Å². The maximum absolute atomic E-state index is 10.4. The van der Waals surface area contributed by atoms with Gasteiger partial charge in [-0.25, -0.2) is 0 Å². The van der Waals surface area contributed by atoms with Crippen LogP contribution in [0.5, 0.6) is 0 Å². The number of hydrogen-bond donors (Lipinski definition) is 2. The van der Waals surface area contributed by atoms with Crippen molar-refractivity contribution in [2.45, 2.75) is 6.42 Å². The van der Waals surface area contributed by atoms with Gasteiger partial charge in [0.25, 0.3) is 0 Å². The SMILES string of the molecule is NCC=Cc1ccc(CC(=O)O)nc1. The van der Waals surface area contributed by atoms with Crippen molar-refractivity contribution in [1.82, 2.24) is 4.98 Å². The number of carboxylic acid groups (broad SMARTS) is 1. The van der Waals surface area contributed by atoms with Crippen LogP contribution < -0.4 is 5.73 Å². The fraction of sp³-hybridized carbons (Fsp3) is 0.200. The Kier molecular flexibility index (Phi) is 3.82. The van der Waals surface area contributed by atoms with Gasteiger partial charge in [0.05, 0.1) is 12.1 Å². The van der Waals surface area contributed by atoms with Gasteiger partial charge >= 0.3 is 5.97 Å². The minimum Gasteiger partial charge on any atom is -0.481 e. The highest BCUT2D eigenvalue weighted by molar-refractivity contribution is 5.69. The van der Waals surface area contributed by atoms with Crippen LogP contribution in [0.2, 0.25) is 0 Å². The van der Waals surface area contributed by atoms with E-state index >= 15 is 0 Å². The van der Waals surface area contributed by atoms with Gasteiger partial charge in [0.2, 0.25) is 0 Å². The van der Waals surface area contributed by atoms with Crippen LogP contribution in [-0.4, -0.2) is 22.6 Å². The van der Waals surface area contributed by atoms with Gasteiger partial charge in [-0.2, -0.15) is 0 Å². The minimum absolute atomic E-state index is 0.0408. The molecule has 0 saturated heterocycles. The third-order valence-corrected chi connectivity index (χ3v) is 1.63. The van der Waals surface area contributed by atoms with Crippen LogP contribution in [0.25, 0.3) is 6.08 Å². The molecule has 3 N–H and O–H groups in total. The minimum atomic E-state index is -0.872. The summed E-state index contributed by atoms with van der Waals surface area (Å²) in [5.74, 6) is -0.872. The Morgan fingerprint density at radius 1 is 1.57 bits per heavy atom. The van der Waals surface area contributed by atoms with Crippen LogP contribution in [0, 0.1) is 0 Å². The first-order valence-corrected chi connectivity index (χ1v) is 4.25. The van der Waals surface area contributed by atoms with E-state index in [0.717, 1.165) is 5.56 Å². The molecule has 74 valence electrons. The molecule has 0 radical (unpaired) electrons. The summed E-state index contributed by atoms with van der Waals surface area (Å²) in [5, 5.41) is 8.51. The van der Waals surface area contributed by atoms with Crippen molar-refractivity contribution >= 4 is 12.0 Å². The summed E-state index contributed by atoms with van der Waals surface area (Å²) in [6.45, 7) is 0.483. The standard InChI is InChI=1S/C10H12N2O2/c11-5-1-2-8-3-4-9(12-7-8)6-10(13)14/h1-4,7H,5-6,11H2,(H,13,14). The molecule has 14 heavy (non-hydrogen) atoms. The number of nitrogens with zero attached hydrogens (tertiary/aromatic N) is 1. The van der Waals surface area contributed by atoms with Crippen molar-refractivity contribution in [3.63, 3.8) is 0 Å². The molecule has 0 spiro atoms. The van der Waals surface area contributed by atoms with Crippen LogP contribution in [-0.2, 0) is 11.2 Å². The third-order valence-electron chi connectivity index (χ3n) is 1.63. The van der Waals surface area contributed by atoms with E-state index in [1.165, 1.54) is 0 Å². The molecule has 1 aromatic heterocycles. The summed E-state index contributed by atoms with van der Waals surface area (Å²) in [6.07, 6.45) is 5.25. The van der Waals surface area contributed by atoms with E-state index in [9.17, 15) is 4.79 Å². The first kappa shape index (κ1) is 10.4. The number of aromatic nitrogens is 1. The lowest BCUT2D eigenvalue weighted by Crippen LogP contribution is -2.01. The van der Waals surface area contributed by atoms with Crippen LogP contribution in [0.4, 0.5) is 0 Å². The maximum Gasteiger partial charge on any atom is 0.309 e. The summed E-state index contributed by atoms with van der Waals surface area (Å²) in [4.78, 5) is 14.4. The predicted octanol–water partition coefficient (Wildman–Crippen LogP) is 0.681. The normalized spacial score (nSPS) is 10.6. The molecule has 1 rings (SSSR count). The molecule has 0 amide bonds. The molecule has 1 aromatic rings. The molecular weight excluding hydrogens is 180 g/mol. The molecule has 0 atom stereocenters. The summed E-state index contributed by atoms with van der Waals surface area (Å²) < 4.78 is 0. The Bertz CT molecular complexity index is 330. The highest BCUT2D eigenvalue weighted by Gasteiger charge is 2.00. The lowest BCUT2D eigenvalue weighted by Gasteiger charge is -1.96. The summed E-state index contributed by atoms with van der Waals surface area (Å²) >= 11 is 0. The Labute approximate surface area is 82.1 Å². The number of rotatable bonds is 4. The zero-order chi connectivity index (χ0) is 10.4. The quantitative estimate of drug-likeness (QED) is 0.735. The number of nitrogens with two attached hydrogens (primary N) is 1. The maximum atomic E-state index is 10.4. The summed E-state index contributed by atoms with van der Waals surface area (Å²) in [5.41, 5.74) is 6.77. The molecule has 4 heteroatoms. The Balaban J connectivity index is 2.68. The van der Waals surface area contributed by atoms with Crippen LogP contribution >= 0.6 is 0 Å². The van der Waals surface area contributed by atoms with Crippen molar-refractivity contribution in [3.05, 3.63) is 35.7 Å². The summed E-state index contributed by atoms with van der Waals surface area (Å²) in [6, 6.07) is 3.52. The molecule has 0 unspecified atom stereocenters. The van der Waals surface area contributed by atoms with Crippen molar-refractivity contribution in [1.29, 1.82) is 0 Å². The summed E-state index contributed by atoms with van der Waals surface area (Å²) in [7, 11) is 0. The number of aliphatic carboxylic acids is 1. The van der Waals surface area contributed by atoms with Gasteiger partial charge in [0.15, 0.2) is 0 Å². The van der Waals surface area contributed by atoms with Crippen molar-refractivity contribution in [2.75, 3.05) is 6.54 Å². The van der Waals surface area contributed by atoms with Gasteiger partial charge in [-0.3, -0.25) is 9.78 Å². The third kappa shape index (κ3) is 3.37. The van der Waals surface area contributed by atoms with Crippen molar-refractivity contribution in [3.8, 4) is 0 Å². The number of pyridine rings is 1. The second-order valence-corrected chi connectivity index (χ2v) is 2.79. The van der Waals surface area contributed by atoms with Crippen LogP contribution in [0.3, 0.4) is 0 Å². The van der Waals surface area contributed by atoms with E-state index in [1.54, 1.807) is 12.3 Å². The molecule has 0 aliphatic heterocycles. The Morgan fingerprint density at radius 3 is 2.86 bits per heavy atom. The van der Waals surface area contributed by atoms with Gasteiger partial charge in [-0.15, -0.1) is 0 Å². The van der Waals surface area contributed by atoms with E-state index in [-0.39, 0.29) is 6.42 Å². The van der Waals surface area contributed by atoms with Gasteiger partial charge in [0.1, 0.15) is 0 Å². The van der Waals surface area contributed by atoms with Gasteiger partial charge in [0, 0.05) is 12.7 Å². The fourth-order valence-corrected chi connectivity index (χ4v) is 0.998. The zero-order valence-electron chi connectivity index (χ0n) is 7.68. The van der Waals surface area contributed by atoms with Crippen molar-refractivity contribution < 1.29 is 9.90 Å². The van der Waals surface area contributed by atoms with Gasteiger partial charge in [-0.05, 0) is 11.6 Å². The highest BCUT2D eigenvalue weighted by Crippen LogP contribution is 2.02. The Morgan fingerprint density at radius 2 is 2.36 bits per heavy atom. The molecule has 1 heterocycles. The van der Waals surface area contributed by atoms with E-state index in [0.29, 0.717) is 12.2 Å². The average molecular weight is 192 g/mol. The molecule has 0 aromatic carbocycles. The fourth-order valence-electron chi connectivity index (χ4n) is 0.998. The molecule has 4 nitrogen and oxygen atoms in total. The molecule has 0 aliphatic carbocycles. The lowest BCUT2D eigenvalue weighted by atomic mass is 10.2. The lowest BCUT2D eigenvalue weighted by molar-refractivity contribution is -0.136. The first-order chi connectivity index (χ1) is 6.72. The highest BCUT2D eigenvalue weighted by atomic mass is 16.4. The van der Waals surface area contributed by atoms with E-state index in [4.69, 9.17) is 10.8 Å². The van der Waals surface area contributed by atoms with Gasteiger partial charge in [-0.1, -0.05) is 18.2 Å². The molecule has 0 bridgehead atoms. The second kappa shape index (κ2) is 5.14. The Hall–Kier alpha value is -1.68. The second-order valence-electron chi connectivity index (χ2n) is 2.79. The van der Waals surface area contributed by atoms with E-state index in [2.05, 4.69) is 4.98 Å². The first-order valence-electron chi connectivity index (χ1n) is 4.25. The van der Waals surface area contributed by atoms with Gasteiger partial charge < -0.3 is 10.8 Å². The smallest absolute Gasteiger partial charge is 0.309 e. The average Bonchev–Trinajstić information content (AvgIpc) is 2.16. The van der Waals surface area contributed by atoms with Crippen molar-refractivity contribution in [2.24, 2.45) is 5.73 Å². The van der Waals surface area contributed by atoms with Crippen LogP contribution in [0.15, 0.2) is 24.4 Å². The monoisotopic (exact) mass is 192 g/mol. The molecule has 0 fully saturated rings. The number of carboxylic acids is 1. The topological polar surface area (TPSA) is 76.2 Å².